The monoisotopic (exact) mass is 379 g/mol. The van der Waals surface area contributed by atoms with Crippen LogP contribution < -0.4 is 4.40 Å². The van der Waals surface area contributed by atoms with Crippen LogP contribution in [-0.2, 0) is 6.42 Å². The Morgan fingerprint density at radius 1 is 0.958 bits per heavy atom. The van der Waals surface area contributed by atoms with E-state index in [9.17, 15) is 0 Å². The average Bonchev–Trinajstić information content (AvgIpc) is 2.52. The molecule has 1 aromatic heterocycles. The Kier molecular flexibility index (Phi) is 4.82. The quantitative estimate of drug-likeness (QED) is 0.535. The SMILES string of the molecule is CC(C)Cc1cc(-c2cccc3ccccc23)nc[c]1[Ge]([CH3])([CH3])[CH3]. The zero-order chi connectivity index (χ0) is 17.3. The minimum absolute atomic E-state index is 0.663. The Balaban J connectivity index is 2.18. The minimum atomic E-state index is -1.91. The van der Waals surface area contributed by atoms with Gasteiger partial charge < -0.3 is 0 Å². The second kappa shape index (κ2) is 6.72. The van der Waals surface area contributed by atoms with E-state index < -0.39 is 13.3 Å². The van der Waals surface area contributed by atoms with Crippen LogP contribution in [0, 0.1) is 5.92 Å². The maximum absolute atomic E-state index is 4.88. The van der Waals surface area contributed by atoms with Crippen LogP contribution in [0.4, 0.5) is 0 Å². The van der Waals surface area contributed by atoms with Crippen molar-refractivity contribution in [2.45, 2.75) is 37.5 Å². The molecule has 0 aliphatic heterocycles. The summed E-state index contributed by atoms with van der Waals surface area (Å²) in [5.74, 6) is 8.03. The molecule has 1 nitrogen and oxygen atoms in total. The van der Waals surface area contributed by atoms with Crippen LogP contribution in [0.3, 0.4) is 0 Å². The number of nitrogens with zero attached hydrogens (tertiary/aromatic N) is 1. The second-order valence-electron chi connectivity index (χ2n) is 8.10. The number of fused-ring (bicyclic) bond motifs is 1. The van der Waals surface area contributed by atoms with E-state index in [-0.39, 0.29) is 0 Å². The van der Waals surface area contributed by atoms with Crippen LogP contribution in [-0.4, -0.2) is 18.3 Å². The number of benzene rings is 2. The molecule has 3 aromatic rings. The first-order valence-corrected chi connectivity index (χ1v) is 16.2. The van der Waals surface area contributed by atoms with Gasteiger partial charge in [0, 0.05) is 0 Å². The molecule has 2 heteroatoms. The standard InChI is InChI=1S/C22H27GeN/c1-16(2)13-18-14-22(24-15-21(18)23(3,4)5)20-12-8-10-17-9-6-7-11-19(17)20/h6-12,14-16H,13H2,1-5H3. The Labute approximate surface area is 148 Å². The molecular weight excluding hydrogens is 351 g/mol. The van der Waals surface area contributed by atoms with Gasteiger partial charge in [-0.25, -0.2) is 0 Å². The fourth-order valence-electron chi connectivity index (χ4n) is 3.38. The van der Waals surface area contributed by atoms with Crippen LogP contribution in [0.25, 0.3) is 22.0 Å². The van der Waals surface area contributed by atoms with Crippen molar-refractivity contribution in [3.63, 3.8) is 0 Å². The molecule has 24 heavy (non-hydrogen) atoms. The van der Waals surface area contributed by atoms with E-state index in [0.717, 1.165) is 12.1 Å². The molecule has 3 rings (SSSR count). The number of aromatic nitrogens is 1. The van der Waals surface area contributed by atoms with Gasteiger partial charge in [0.1, 0.15) is 0 Å². The van der Waals surface area contributed by atoms with Gasteiger partial charge in [-0.05, 0) is 0 Å². The molecule has 124 valence electrons. The molecule has 2 aromatic carbocycles. The summed E-state index contributed by atoms with van der Waals surface area (Å²) in [5, 5.41) is 2.56. The van der Waals surface area contributed by atoms with Crippen molar-refractivity contribution in [3.05, 3.63) is 60.3 Å². The number of hydrogen-bond donors (Lipinski definition) is 0. The van der Waals surface area contributed by atoms with E-state index >= 15 is 0 Å². The van der Waals surface area contributed by atoms with Crippen LogP contribution >= 0.6 is 0 Å². The molecule has 0 unspecified atom stereocenters. The van der Waals surface area contributed by atoms with Gasteiger partial charge in [0.2, 0.25) is 0 Å². The Hall–Kier alpha value is -1.61. The summed E-state index contributed by atoms with van der Waals surface area (Å²) in [6.07, 6.45) is 3.31. The van der Waals surface area contributed by atoms with Crippen molar-refractivity contribution in [2.75, 3.05) is 0 Å². The summed E-state index contributed by atoms with van der Waals surface area (Å²) < 4.78 is 1.55. The summed E-state index contributed by atoms with van der Waals surface area (Å²) in [4.78, 5) is 4.88. The van der Waals surface area contributed by atoms with E-state index in [2.05, 4.69) is 85.8 Å². The van der Waals surface area contributed by atoms with Crippen molar-refractivity contribution in [3.8, 4) is 11.3 Å². The number of hydrogen-bond acceptors (Lipinski definition) is 1. The van der Waals surface area contributed by atoms with Crippen molar-refractivity contribution in [1.82, 2.24) is 4.98 Å². The third-order valence-electron chi connectivity index (χ3n) is 4.49. The van der Waals surface area contributed by atoms with Gasteiger partial charge >= 0.3 is 148 Å². The van der Waals surface area contributed by atoms with Gasteiger partial charge in [-0.1, -0.05) is 0 Å². The molecule has 0 fully saturated rings. The van der Waals surface area contributed by atoms with Gasteiger partial charge in [0.25, 0.3) is 0 Å². The molecule has 0 radical (unpaired) electrons. The topological polar surface area (TPSA) is 12.9 Å². The van der Waals surface area contributed by atoms with Crippen LogP contribution in [0.15, 0.2) is 54.7 Å². The summed E-state index contributed by atoms with van der Waals surface area (Å²) in [5.41, 5.74) is 3.86. The van der Waals surface area contributed by atoms with Crippen LogP contribution in [0.5, 0.6) is 0 Å². The fraction of sp³-hybridized carbons (Fsp3) is 0.318. The molecule has 0 spiro atoms. The molecular formula is C22H27GeN. The van der Waals surface area contributed by atoms with Crippen molar-refractivity contribution in [1.29, 1.82) is 0 Å². The Morgan fingerprint density at radius 2 is 1.67 bits per heavy atom. The van der Waals surface area contributed by atoms with Gasteiger partial charge in [-0.3, -0.25) is 0 Å². The first kappa shape index (κ1) is 17.2. The van der Waals surface area contributed by atoms with Gasteiger partial charge in [0.15, 0.2) is 0 Å². The molecule has 0 bridgehead atoms. The molecule has 1 heterocycles. The summed E-state index contributed by atoms with van der Waals surface area (Å²) in [7, 11) is 0. The molecule has 0 aliphatic carbocycles. The molecule has 0 saturated carbocycles. The van der Waals surface area contributed by atoms with Crippen LogP contribution in [0.1, 0.15) is 19.4 Å². The van der Waals surface area contributed by atoms with E-state index in [0.29, 0.717) is 5.92 Å². The average molecular weight is 378 g/mol. The van der Waals surface area contributed by atoms with Gasteiger partial charge in [0.05, 0.1) is 0 Å². The molecule has 0 saturated heterocycles. The third kappa shape index (κ3) is 3.56. The first-order chi connectivity index (χ1) is 11.4. The van der Waals surface area contributed by atoms with Gasteiger partial charge in [-0.2, -0.15) is 0 Å². The molecule has 0 amide bonds. The number of pyridine rings is 1. The zero-order valence-corrected chi connectivity index (χ0v) is 17.5. The third-order valence-corrected chi connectivity index (χ3v) is 8.83. The van der Waals surface area contributed by atoms with Crippen LogP contribution in [0.2, 0.25) is 17.3 Å². The predicted molar refractivity (Wildman–Crippen MR) is 109 cm³/mol. The number of rotatable bonds is 4. The fourth-order valence-corrected chi connectivity index (χ4v) is 6.71. The zero-order valence-electron chi connectivity index (χ0n) is 15.4. The van der Waals surface area contributed by atoms with Crippen molar-refractivity contribution >= 4 is 28.4 Å². The molecule has 0 N–H and O–H groups in total. The predicted octanol–water partition coefficient (Wildman–Crippen LogP) is 5.65. The molecule has 0 aliphatic rings. The summed E-state index contributed by atoms with van der Waals surface area (Å²) >= 11 is -1.91. The Morgan fingerprint density at radius 3 is 2.38 bits per heavy atom. The van der Waals surface area contributed by atoms with Crippen molar-refractivity contribution < 1.29 is 0 Å². The summed E-state index contributed by atoms with van der Waals surface area (Å²) in [6, 6.07) is 17.4. The van der Waals surface area contributed by atoms with E-state index in [4.69, 9.17) is 4.98 Å². The van der Waals surface area contributed by atoms with Gasteiger partial charge in [-0.15, -0.1) is 0 Å². The van der Waals surface area contributed by atoms with E-state index in [1.807, 2.05) is 0 Å². The van der Waals surface area contributed by atoms with Crippen molar-refractivity contribution in [2.24, 2.45) is 5.92 Å². The normalized spacial score (nSPS) is 12.1. The first-order valence-electron chi connectivity index (χ1n) is 8.84. The second-order valence-corrected chi connectivity index (χ2v) is 18.7. The summed E-state index contributed by atoms with van der Waals surface area (Å²) in [6.45, 7) is 4.61. The molecule has 0 atom stereocenters. The Bertz CT molecular complexity index is 854. The van der Waals surface area contributed by atoms with E-state index in [1.165, 1.54) is 21.9 Å². The maximum atomic E-state index is 4.88. The van der Waals surface area contributed by atoms with E-state index in [1.54, 1.807) is 4.40 Å².